The Morgan fingerprint density at radius 2 is 2.19 bits per heavy atom. The lowest BCUT2D eigenvalue weighted by Gasteiger charge is -2.36. The number of aromatic amines is 1. The fraction of sp³-hybridized carbons (Fsp3) is 0.545. The van der Waals surface area contributed by atoms with Crippen LogP contribution in [0.2, 0.25) is 0 Å². The van der Waals surface area contributed by atoms with Crippen molar-refractivity contribution in [1.82, 2.24) is 24.8 Å². The predicted molar refractivity (Wildman–Crippen MR) is 113 cm³/mol. The summed E-state index contributed by atoms with van der Waals surface area (Å²) in [5.41, 5.74) is 1.62. The highest BCUT2D eigenvalue weighted by atomic mass is 16.5. The number of aliphatic hydroxyl groups is 1. The van der Waals surface area contributed by atoms with Gasteiger partial charge in [-0.25, -0.2) is 9.97 Å². The van der Waals surface area contributed by atoms with Crippen LogP contribution < -0.4 is 5.32 Å². The zero-order valence-corrected chi connectivity index (χ0v) is 17.3. The third kappa shape index (κ3) is 3.77. The van der Waals surface area contributed by atoms with Crippen molar-refractivity contribution in [1.29, 1.82) is 5.26 Å². The van der Waals surface area contributed by atoms with Crippen LogP contribution >= 0.6 is 0 Å². The normalized spacial score (nSPS) is 22.8. The molecule has 0 unspecified atom stereocenters. The van der Waals surface area contributed by atoms with Crippen molar-refractivity contribution in [2.45, 2.75) is 50.2 Å². The molecule has 2 fully saturated rings. The van der Waals surface area contributed by atoms with Crippen LogP contribution in [0.3, 0.4) is 0 Å². The molecule has 5 rings (SSSR count). The first kappa shape index (κ1) is 20.0. The molecule has 9 nitrogen and oxygen atoms in total. The first-order valence-electron chi connectivity index (χ1n) is 10.8. The van der Waals surface area contributed by atoms with Gasteiger partial charge in [-0.3, -0.25) is 4.79 Å². The van der Waals surface area contributed by atoms with Crippen LogP contribution in [0.5, 0.6) is 0 Å². The first-order chi connectivity index (χ1) is 15.1. The summed E-state index contributed by atoms with van der Waals surface area (Å²) in [6, 6.07) is 4.53. The predicted octanol–water partition coefficient (Wildman–Crippen LogP) is 1.98. The second-order valence-electron chi connectivity index (χ2n) is 8.84. The van der Waals surface area contributed by atoms with E-state index in [0.29, 0.717) is 18.2 Å². The number of nitrogens with one attached hydrogen (secondary N) is 2. The molecule has 1 saturated carbocycles. The van der Waals surface area contributed by atoms with Crippen molar-refractivity contribution in [2.24, 2.45) is 5.92 Å². The van der Waals surface area contributed by atoms with Crippen LogP contribution in [0.15, 0.2) is 18.5 Å². The van der Waals surface area contributed by atoms with Crippen molar-refractivity contribution in [3.8, 4) is 6.07 Å². The minimum atomic E-state index is -0.962. The number of hydrogen-bond acceptors (Lipinski definition) is 6. The van der Waals surface area contributed by atoms with Crippen LogP contribution in [-0.4, -0.2) is 55.9 Å². The maximum absolute atomic E-state index is 12.7. The van der Waals surface area contributed by atoms with Gasteiger partial charge in [-0.2, -0.15) is 5.26 Å². The van der Waals surface area contributed by atoms with Crippen LogP contribution in [0.25, 0.3) is 22.1 Å². The number of aromatic nitrogens is 4. The zero-order chi connectivity index (χ0) is 21.4. The maximum Gasteiger partial charge on any atom is 0.227 e. The number of pyridine rings is 1. The zero-order valence-electron chi connectivity index (χ0n) is 17.3. The number of carbonyl (C=O) groups is 1. The van der Waals surface area contributed by atoms with E-state index in [4.69, 9.17) is 15.0 Å². The number of imidazole rings is 1. The molecule has 1 amide bonds. The third-order valence-electron chi connectivity index (χ3n) is 6.54. The summed E-state index contributed by atoms with van der Waals surface area (Å²) in [6.07, 6.45) is 8.26. The van der Waals surface area contributed by atoms with Gasteiger partial charge in [-0.1, -0.05) is 0 Å². The number of carbonyl (C=O) groups excluding carboxylic acids is 1. The van der Waals surface area contributed by atoms with Crippen LogP contribution in [0.4, 0.5) is 0 Å². The fourth-order valence-corrected chi connectivity index (χ4v) is 4.80. The van der Waals surface area contributed by atoms with Crippen molar-refractivity contribution < 1.29 is 14.6 Å². The maximum atomic E-state index is 12.7. The quantitative estimate of drug-likeness (QED) is 0.557. The molecule has 3 aromatic heterocycles. The van der Waals surface area contributed by atoms with E-state index < -0.39 is 5.60 Å². The Labute approximate surface area is 179 Å². The summed E-state index contributed by atoms with van der Waals surface area (Å²) in [5.74, 6) is 0.985. The van der Waals surface area contributed by atoms with E-state index in [9.17, 15) is 9.90 Å². The number of nitrogens with zero attached hydrogens (tertiary/aromatic N) is 4. The summed E-state index contributed by atoms with van der Waals surface area (Å²) in [4.78, 5) is 25.1. The molecular weight excluding hydrogens is 396 g/mol. The number of fused-ring (bicyclic) bond motifs is 3. The van der Waals surface area contributed by atoms with E-state index in [2.05, 4.69) is 25.9 Å². The molecule has 1 aliphatic heterocycles. The molecule has 3 N–H and O–H groups in total. The molecular formula is C22H26N6O3. The largest absolute Gasteiger partial charge is 0.383 e. The topological polar surface area (TPSA) is 129 Å². The minimum Gasteiger partial charge on any atom is -0.383 e. The second kappa shape index (κ2) is 7.94. The highest BCUT2D eigenvalue weighted by Crippen LogP contribution is 2.38. The molecule has 2 aliphatic rings. The summed E-state index contributed by atoms with van der Waals surface area (Å²) >= 11 is 0. The Balaban J connectivity index is 1.45. The van der Waals surface area contributed by atoms with E-state index >= 15 is 0 Å². The minimum absolute atomic E-state index is 0.135. The number of ether oxygens (including phenoxy) is 1. The first-order valence-corrected chi connectivity index (χ1v) is 10.8. The van der Waals surface area contributed by atoms with Crippen LogP contribution in [0, 0.1) is 17.2 Å². The number of rotatable bonds is 6. The number of H-pyrrole nitrogens is 1. The standard InChI is InChI=1S/C22H26N6O3/c23-7-5-14-1-3-15(4-2-14)28-18(9-19(29)26-11-22(30)12-31-13-22)27-17-10-25-21-16(20(17)28)6-8-24-21/h6,8,10,14-15,30H,1-5,9,11-13H2,(H,24,25)(H,26,29)/t14-,15-. The summed E-state index contributed by atoms with van der Waals surface area (Å²) < 4.78 is 7.26. The molecule has 31 heavy (non-hydrogen) atoms. The van der Waals surface area contributed by atoms with Gasteiger partial charge in [-0.15, -0.1) is 0 Å². The number of hydrogen-bond donors (Lipinski definition) is 3. The van der Waals surface area contributed by atoms with E-state index in [-0.39, 0.29) is 38.1 Å². The van der Waals surface area contributed by atoms with Gasteiger partial charge in [0.1, 0.15) is 22.6 Å². The summed E-state index contributed by atoms with van der Waals surface area (Å²) in [5, 5.41) is 23.0. The molecule has 4 heterocycles. The van der Waals surface area contributed by atoms with Crippen molar-refractivity contribution >= 4 is 28.0 Å². The Bertz CT molecular complexity index is 1150. The second-order valence-corrected chi connectivity index (χ2v) is 8.84. The molecule has 162 valence electrons. The molecule has 0 spiro atoms. The lowest BCUT2D eigenvalue weighted by atomic mass is 9.84. The van der Waals surface area contributed by atoms with E-state index in [1.54, 1.807) is 6.20 Å². The highest BCUT2D eigenvalue weighted by molar-refractivity contribution is 6.01. The van der Waals surface area contributed by atoms with Gasteiger partial charge in [0.25, 0.3) is 0 Å². The average Bonchev–Trinajstić information content (AvgIpc) is 3.35. The van der Waals surface area contributed by atoms with Gasteiger partial charge < -0.3 is 24.7 Å². The van der Waals surface area contributed by atoms with Gasteiger partial charge in [0.15, 0.2) is 0 Å². The van der Waals surface area contributed by atoms with E-state index in [0.717, 1.165) is 47.8 Å². The molecule has 0 bridgehead atoms. The molecule has 1 aliphatic carbocycles. The van der Waals surface area contributed by atoms with Crippen molar-refractivity contribution in [2.75, 3.05) is 19.8 Å². The van der Waals surface area contributed by atoms with Crippen LogP contribution in [-0.2, 0) is 16.0 Å². The average molecular weight is 422 g/mol. The van der Waals surface area contributed by atoms with E-state index in [1.165, 1.54) is 0 Å². The monoisotopic (exact) mass is 422 g/mol. The SMILES string of the molecule is N#CC[C@H]1CC[C@H](n2c(CC(=O)NCC3(O)COC3)nc3cnc4[nH]ccc4c32)CC1. The number of amides is 1. The number of nitriles is 1. The summed E-state index contributed by atoms with van der Waals surface area (Å²) in [6.45, 7) is 0.665. The van der Waals surface area contributed by atoms with Crippen molar-refractivity contribution in [3.05, 3.63) is 24.3 Å². The van der Waals surface area contributed by atoms with Gasteiger partial charge in [0.05, 0.1) is 44.0 Å². The van der Waals surface area contributed by atoms with Gasteiger partial charge in [-0.05, 0) is 37.7 Å². The Morgan fingerprint density at radius 3 is 2.90 bits per heavy atom. The third-order valence-corrected chi connectivity index (χ3v) is 6.54. The fourth-order valence-electron chi connectivity index (χ4n) is 4.80. The smallest absolute Gasteiger partial charge is 0.227 e. The van der Waals surface area contributed by atoms with Crippen molar-refractivity contribution in [3.63, 3.8) is 0 Å². The Hall–Kier alpha value is -2.96. The molecule has 0 aromatic carbocycles. The molecule has 3 aromatic rings. The Kier molecular flexibility index (Phi) is 5.12. The Morgan fingerprint density at radius 1 is 1.39 bits per heavy atom. The lowest BCUT2D eigenvalue weighted by molar-refractivity contribution is -0.176. The highest BCUT2D eigenvalue weighted by Gasteiger charge is 2.36. The molecule has 9 heteroatoms. The molecule has 1 saturated heterocycles. The lowest BCUT2D eigenvalue weighted by Crippen LogP contribution is -2.57. The summed E-state index contributed by atoms with van der Waals surface area (Å²) in [7, 11) is 0. The molecule has 0 atom stereocenters. The molecule has 0 radical (unpaired) electrons. The van der Waals surface area contributed by atoms with Gasteiger partial charge in [0, 0.05) is 24.0 Å². The van der Waals surface area contributed by atoms with Gasteiger partial charge in [0.2, 0.25) is 5.91 Å². The van der Waals surface area contributed by atoms with Gasteiger partial charge >= 0.3 is 0 Å². The van der Waals surface area contributed by atoms with Crippen LogP contribution in [0.1, 0.15) is 44.0 Å². The van der Waals surface area contributed by atoms with E-state index in [1.807, 2.05) is 12.3 Å².